The van der Waals surface area contributed by atoms with Crippen molar-refractivity contribution in [3.63, 3.8) is 0 Å². The van der Waals surface area contributed by atoms with E-state index in [4.69, 9.17) is 9.84 Å². The summed E-state index contributed by atoms with van der Waals surface area (Å²) in [6.07, 6.45) is 2.59. The number of ether oxygens (including phenoxy) is 1. The van der Waals surface area contributed by atoms with Crippen LogP contribution in [0.15, 0.2) is 30.6 Å². The van der Waals surface area contributed by atoms with Crippen LogP contribution in [0.5, 0.6) is 11.6 Å². The Morgan fingerprint density at radius 3 is 2.70 bits per heavy atom. The van der Waals surface area contributed by atoms with E-state index in [1.54, 1.807) is 0 Å². The minimum absolute atomic E-state index is 0.138. The molecule has 1 aromatic carbocycles. The van der Waals surface area contributed by atoms with Gasteiger partial charge in [0.2, 0.25) is 5.88 Å². The monoisotopic (exact) mass is 272 g/mol. The van der Waals surface area contributed by atoms with Crippen molar-refractivity contribution in [3.8, 4) is 11.6 Å². The van der Waals surface area contributed by atoms with E-state index >= 15 is 0 Å². The van der Waals surface area contributed by atoms with Gasteiger partial charge in [0.05, 0.1) is 12.4 Å². The first kappa shape index (κ1) is 14.0. The summed E-state index contributed by atoms with van der Waals surface area (Å²) in [7, 11) is 0. The van der Waals surface area contributed by atoms with E-state index in [-0.39, 0.29) is 11.6 Å². The van der Waals surface area contributed by atoms with Crippen LogP contribution in [0.3, 0.4) is 0 Å². The molecule has 0 saturated carbocycles. The molecule has 0 unspecified atom stereocenters. The third-order valence-electron chi connectivity index (χ3n) is 2.84. The number of aromatic carboxylic acids is 1. The zero-order valence-corrected chi connectivity index (χ0v) is 11.6. The molecule has 104 valence electrons. The quantitative estimate of drug-likeness (QED) is 0.923. The number of carbonyl (C=O) groups is 1. The number of carboxylic acid groups (broad SMARTS) is 1. The van der Waals surface area contributed by atoms with Crippen LogP contribution in [0.1, 0.15) is 41.4 Å². The lowest BCUT2D eigenvalue weighted by atomic mass is 10.0. The first-order valence-electron chi connectivity index (χ1n) is 6.31. The van der Waals surface area contributed by atoms with Gasteiger partial charge in [0.1, 0.15) is 5.75 Å². The number of aryl methyl sites for hydroxylation is 1. The van der Waals surface area contributed by atoms with E-state index in [9.17, 15) is 4.79 Å². The Balaban J connectivity index is 2.36. The van der Waals surface area contributed by atoms with Crippen molar-refractivity contribution in [2.24, 2.45) is 0 Å². The molecule has 2 rings (SSSR count). The average Bonchev–Trinajstić information content (AvgIpc) is 2.38. The fourth-order valence-corrected chi connectivity index (χ4v) is 1.82. The molecular formula is C15H16N2O3. The van der Waals surface area contributed by atoms with Crippen LogP contribution in [0.25, 0.3) is 0 Å². The van der Waals surface area contributed by atoms with Gasteiger partial charge in [-0.15, -0.1) is 0 Å². The molecule has 0 spiro atoms. The van der Waals surface area contributed by atoms with E-state index in [1.165, 1.54) is 12.4 Å². The third kappa shape index (κ3) is 3.12. The van der Waals surface area contributed by atoms with Crippen molar-refractivity contribution in [1.29, 1.82) is 0 Å². The molecule has 0 fully saturated rings. The maximum Gasteiger partial charge on any atom is 0.356 e. The van der Waals surface area contributed by atoms with Crippen LogP contribution in [0.2, 0.25) is 0 Å². The number of aromatic nitrogens is 2. The maximum atomic E-state index is 10.9. The predicted molar refractivity (Wildman–Crippen MR) is 74.3 cm³/mol. The summed E-state index contributed by atoms with van der Waals surface area (Å²) in [4.78, 5) is 18.6. The summed E-state index contributed by atoms with van der Waals surface area (Å²) in [6.45, 7) is 6.10. The first-order chi connectivity index (χ1) is 9.47. The Morgan fingerprint density at radius 1 is 1.30 bits per heavy atom. The molecule has 0 saturated heterocycles. The van der Waals surface area contributed by atoms with Crippen LogP contribution in [0, 0.1) is 6.92 Å². The first-order valence-corrected chi connectivity index (χ1v) is 6.31. The number of nitrogens with zero attached hydrogens (tertiary/aromatic N) is 2. The highest BCUT2D eigenvalue weighted by atomic mass is 16.5. The van der Waals surface area contributed by atoms with Crippen LogP contribution in [-0.4, -0.2) is 21.0 Å². The van der Waals surface area contributed by atoms with Gasteiger partial charge in [-0.1, -0.05) is 26.0 Å². The van der Waals surface area contributed by atoms with Crippen LogP contribution < -0.4 is 4.74 Å². The molecule has 5 nitrogen and oxygen atoms in total. The van der Waals surface area contributed by atoms with Crippen molar-refractivity contribution in [1.82, 2.24) is 9.97 Å². The summed E-state index contributed by atoms with van der Waals surface area (Å²) >= 11 is 0. The van der Waals surface area contributed by atoms with Gasteiger partial charge < -0.3 is 9.84 Å². The average molecular weight is 272 g/mol. The summed E-state index contributed by atoms with van der Waals surface area (Å²) in [6, 6.07) is 5.93. The Morgan fingerprint density at radius 2 is 2.05 bits per heavy atom. The van der Waals surface area contributed by atoms with Crippen molar-refractivity contribution in [2.45, 2.75) is 26.7 Å². The Kier molecular flexibility index (Phi) is 3.98. The van der Waals surface area contributed by atoms with Gasteiger partial charge in [0, 0.05) is 0 Å². The lowest BCUT2D eigenvalue weighted by Crippen LogP contribution is -2.03. The van der Waals surface area contributed by atoms with E-state index < -0.39 is 5.97 Å². The number of hydrogen-bond acceptors (Lipinski definition) is 4. The Bertz CT molecular complexity index is 639. The molecule has 1 N–H and O–H groups in total. The largest absolute Gasteiger partial charge is 0.476 e. The van der Waals surface area contributed by atoms with Gasteiger partial charge in [0.15, 0.2) is 5.69 Å². The molecule has 0 aliphatic carbocycles. The normalized spacial score (nSPS) is 10.6. The number of hydrogen-bond donors (Lipinski definition) is 1. The zero-order chi connectivity index (χ0) is 14.7. The minimum Gasteiger partial charge on any atom is -0.476 e. The van der Waals surface area contributed by atoms with Gasteiger partial charge in [0.25, 0.3) is 0 Å². The summed E-state index contributed by atoms with van der Waals surface area (Å²) in [5.74, 6) is 0.0201. The lowest BCUT2D eigenvalue weighted by molar-refractivity contribution is 0.0689. The molecule has 1 aromatic heterocycles. The fourth-order valence-electron chi connectivity index (χ4n) is 1.82. The van der Waals surface area contributed by atoms with Crippen LogP contribution in [-0.2, 0) is 0 Å². The summed E-state index contributed by atoms with van der Waals surface area (Å²) < 4.78 is 5.71. The van der Waals surface area contributed by atoms with Gasteiger partial charge >= 0.3 is 5.97 Å². The lowest BCUT2D eigenvalue weighted by Gasteiger charge is -2.13. The second-order valence-electron chi connectivity index (χ2n) is 4.85. The van der Waals surface area contributed by atoms with Crippen molar-refractivity contribution in [2.75, 3.05) is 0 Å². The molecule has 0 amide bonds. The second kappa shape index (κ2) is 5.69. The molecule has 0 atom stereocenters. The van der Waals surface area contributed by atoms with Crippen LogP contribution in [0.4, 0.5) is 0 Å². The predicted octanol–water partition coefficient (Wildman–Crippen LogP) is 3.40. The SMILES string of the molecule is Cc1ccc(C(C)C)c(Oc2cncc(C(=O)O)n2)c1. The van der Waals surface area contributed by atoms with E-state index in [1.807, 2.05) is 25.1 Å². The van der Waals surface area contributed by atoms with Crippen molar-refractivity contribution < 1.29 is 14.6 Å². The van der Waals surface area contributed by atoms with E-state index in [0.29, 0.717) is 11.7 Å². The number of rotatable bonds is 4. The van der Waals surface area contributed by atoms with E-state index in [2.05, 4.69) is 23.8 Å². The molecule has 1 heterocycles. The molecule has 0 aliphatic heterocycles. The smallest absolute Gasteiger partial charge is 0.356 e. The Hall–Kier alpha value is -2.43. The highest BCUT2D eigenvalue weighted by Crippen LogP contribution is 2.30. The summed E-state index contributed by atoms with van der Waals surface area (Å²) in [5.41, 5.74) is 1.96. The topological polar surface area (TPSA) is 72.3 Å². The molecule has 0 aliphatic rings. The molecule has 20 heavy (non-hydrogen) atoms. The fraction of sp³-hybridized carbons (Fsp3) is 0.267. The molecule has 0 radical (unpaired) electrons. The van der Waals surface area contributed by atoms with Gasteiger partial charge in [-0.2, -0.15) is 0 Å². The second-order valence-corrected chi connectivity index (χ2v) is 4.85. The zero-order valence-electron chi connectivity index (χ0n) is 11.6. The van der Waals surface area contributed by atoms with Gasteiger partial charge in [-0.25, -0.2) is 9.78 Å². The highest BCUT2D eigenvalue weighted by Gasteiger charge is 2.12. The molecule has 5 heteroatoms. The Labute approximate surface area is 117 Å². The highest BCUT2D eigenvalue weighted by molar-refractivity contribution is 5.84. The molecule has 2 aromatic rings. The number of carboxylic acids is 1. The molecular weight excluding hydrogens is 256 g/mol. The van der Waals surface area contributed by atoms with E-state index in [0.717, 1.165) is 11.1 Å². The van der Waals surface area contributed by atoms with Crippen LogP contribution >= 0.6 is 0 Å². The molecule has 0 bridgehead atoms. The maximum absolute atomic E-state index is 10.9. The summed E-state index contributed by atoms with van der Waals surface area (Å²) in [5, 5.41) is 8.90. The van der Waals surface area contributed by atoms with Crippen molar-refractivity contribution >= 4 is 5.97 Å². The standard InChI is InChI=1S/C15H16N2O3/c1-9(2)11-5-4-10(3)6-13(11)20-14-8-16-7-12(17-14)15(18)19/h4-9H,1-3H3,(H,18,19). The van der Waals surface area contributed by atoms with Crippen molar-refractivity contribution in [3.05, 3.63) is 47.4 Å². The minimum atomic E-state index is -1.13. The van der Waals surface area contributed by atoms with Gasteiger partial charge in [-0.3, -0.25) is 4.98 Å². The number of benzene rings is 1. The third-order valence-corrected chi connectivity index (χ3v) is 2.84. The van der Waals surface area contributed by atoms with Gasteiger partial charge in [-0.05, 0) is 30.0 Å².